The molecule has 2 aliphatic carbocycles. The largest absolute Gasteiger partial charge is 0.309 e. The maximum absolute atomic E-state index is 12.2. The summed E-state index contributed by atoms with van der Waals surface area (Å²) < 4.78 is 0. The molecule has 1 saturated carbocycles. The third-order valence-corrected chi connectivity index (χ3v) is 4.68. The van der Waals surface area contributed by atoms with Gasteiger partial charge in [0.15, 0.2) is 0 Å². The second-order valence-electron chi connectivity index (χ2n) is 5.94. The normalized spacial score (nSPS) is 20.1. The zero-order valence-corrected chi connectivity index (χ0v) is 13.8. The van der Waals surface area contributed by atoms with Gasteiger partial charge in [0.05, 0.1) is 0 Å². The van der Waals surface area contributed by atoms with E-state index in [0.29, 0.717) is 0 Å². The van der Waals surface area contributed by atoms with E-state index in [2.05, 4.69) is 25.3 Å². The molecule has 1 amide bonds. The highest BCUT2D eigenvalue weighted by molar-refractivity contribution is 7.80. The summed E-state index contributed by atoms with van der Waals surface area (Å²) in [5.41, 5.74) is 2.96. The molecule has 0 aromatic rings. The van der Waals surface area contributed by atoms with Crippen LogP contribution in [0.1, 0.15) is 57.8 Å². The van der Waals surface area contributed by atoms with Crippen LogP contribution in [0, 0.1) is 0 Å². The summed E-state index contributed by atoms with van der Waals surface area (Å²) in [6.07, 6.45) is 15.3. The van der Waals surface area contributed by atoms with Gasteiger partial charge >= 0.3 is 0 Å². The average Bonchev–Trinajstić information content (AvgIpc) is 2.67. The summed E-state index contributed by atoms with van der Waals surface area (Å²) in [6.45, 7) is 4.87. The van der Waals surface area contributed by atoms with Gasteiger partial charge in [-0.05, 0) is 37.0 Å². The van der Waals surface area contributed by atoms with E-state index in [4.69, 9.17) is 0 Å². The molecule has 116 valence electrons. The van der Waals surface area contributed by atoms with E-state index in [1.54, 1.807) is 0 Å². The van der Waals surface area contributed by atoms with Crippen molar-refractivity contribution in [1.82, 2.24) is 4.90 Å². The Morgan fingerprint density at radius 3 is 2.43 bits per heavy atom. The lowest BCUT2D eigenvalue weighted by Crippen LogP contribution is -2.26. The minimum Gasteiger partial charge on any atom is -0.309 e. The fourth-order valence-corrected chi connectivity index (χ4v) is 2.86. The Bertz CT molecular complexity index is 442. The number of allylic oxidation sites excluding steroid dienone is 2. The van der Waals surface area contributed by atoms with Crippen LogP contribution in [0.25, 0.3) is 0 Å². The van der Waals surface area contributed by atoms with Gasteiger partial charge < -0.3 is 4.90 Å². The fraction of sp³-hybridized carbons (Fsp3) is 0.611. The zero-order chi connectivity index (χ0) is 15.1. The first-order valence-electron chi connectivity index (χ1n) is 8.27. The van der Waals surface area contributed by atoms with E-state index < -0.39 is 0 Å². The molecule has 0 atom stereocenters. The molecule has 21 heavy (non-hydrogen) atoms. The van der Waals surface area contributed by atoms with Crippen molar-refractivity contribution >= 4 is 18.5 Å². The minimum atomic E-state index is 0.145. The summed E-state index contributed by atoms with van der Waals surface area (Å²) in [7, 11) is 0. The summed E-state index contributed by atoms with van der Waals surface area (Å²) in [4.78, 5) is 14.0. The maximum atomic E-state index is 12.2. The molecule has 1 heterocycles. The van der Waals surface area contributed by atoms with Crippen molar-refractivity contribution in [3.05, 3.63) is 35.6 Å². The highest BCUT2D eigenvalue weighted by Crippen LogP contribution is 2.34. The number of amides is 1. The van der Waals surface area contributed by atoms with Crippen molar-refractivity contribution in [1.29, 1.82) is 0 Å². The van der Waals surface area contributed by atoms with Crippen molar-refractivity contribution in [2.75, 3.05) is 12.3 Å². The molecule has 0 radical (unpaired) electrons. The van der Waals surface area contributed by atoms with E-state index in [0.717, 1.165) is 61.2 Å². The molecule has 0 unspecified atom stereocenters. The molecule has 3 rings (SSSR count). The third kappa shape index (κ3) is 4.26. The van der Waals surface area contributed by atoms with Crippen LogP contribution in [0.15, 0.2) is 35.6 Å². The van der Waals surface area contributed by atoms with Crippen molar-refractivity contribution < 1.29 is 4.79 Å². The molecule has 1 aliphatic heterocycles. The van der Waals surface area contributed by atoms with Gasteiger partial charge in [-0.2, -0.15) is 12.6 Å². The fourth-order valence-electron chi connectivity index (χ4n) is 2.64. The van der Waals surface area contributed by atoms with Gasteiger partial charge in [-0.15, -0.1) is 0 Å². The lowest BCUT2D eigenvalue weighted by atomic mass is 9.99. The molecule has 3 aliphatic rings. The Hall–Kier alpha value is -0.960. The Morgan fingerprint density at radius 1 is 1.14 bits per heavy atom. The smallest absolute Gasteiger partial charge is 0.258 e. The highest BCUT2D eigenvalue weighted by Gasteiger charge is 2.32. The molecular weight excluding hydrogens is 278 g/mol. The van der Waals surface area contributed by atoms with E-state index in [-0.39, 0.29) is 5.91 Å². The zero-order valence-electron chi connectivity index (χ0n) is 12.9. The lowest BCUT2D eigenvalue weighted by Gasteiger charge is -2.18. The van der Waals surface area contributed by atoms with Crippen molar-refractivity contribution in [3.63, 3.8) is 0 Å². The Balaban J connectivity index is 0.000000347. The van der Waals surface area contributed by atoms with Gasteiger partial charge in [-0.1, -0.05) is 50.8 Å². The number of carbonyl (C=O) groups is 1. The van der Waals surface area contributed by atoms with Gasteiger partial charge in [0.1, 0.15) is 0 Å². The molecule has 0 spiro atoms. The Morgan fingerprint density at radius 2 is 1.86 bits per heavy atom. The third-order valence-electron chi connectivity index (χ3n) is 4.36. The number of hydrogen-bond donors (Lipinski definition) is 1. The average molecular weight is 305 g/mol. The standard InChI is InChI=1S/C14H19NOS.C4H8/c1-11-12-7-3-4-8-13(12)14(16)15(11)9-5-2-6-10-17;1-2-4-3-1/h4,8,17H,1-3,5-7,9-10H2;1-4H2. The van der Waals surface area contributed by atoms with E-state index >= 15 is 0 Å². The SMILES string of the molecule is C1CCC1.C=C1C2=C(C=CCC2)C(=O)N1CCCCCS. The van der Waals surface area contributed by atoms with Gasteiger partial charge in [0.2, 0.25) is 0 Å². The predicted octanol–water partition coefficient (Wildman–Crippen LogP) is 4.65. The first kappa shape index (κ1) is 16.4. The molecule has 0 aromatic heterocycles. The predicted molar refractivity (Wildman–Crippen MR) is 92.4 cm³/mol. The van der Waals surface area contributed by atoms with Crippen LogP contribution in [0.2, 0.25) is 0 Å². The monoisotopic (exact) mass is 305 g/mol. The van der Waals surface area contributed by atoms with Crippen LogP contribution in [0.3, 0.4) is 0 Å². The quantitative estimate of drug-likeness (QED) is 0.579. The van der Waals surface area contributed by atoms with Crippen LogP contribution in [-0.4, -0.2) is 23.1 Å². The van der Waals surface area contributed by atoms with Crippen molar-refractivity contribution in [2.24, 2.45) is 0 Å². The van der Waals surface area contributed by atoms with Crippen LogP contribution < -0.4 is 0 Å². The second-order valence-corrected chi connectivity index (χ2v) is 6.38. The first-order valence-corrected chi connectivity index (χ1v) is 8.90. The van der Waals surface area contributed by atoms with Crippen LogP contribution in [-0.2, 0) is 4.79 Å². The second kappa shape index (κ2) is 8.47. The summed E-state index contributed by atoms with van der Waals surface area (Å²) in [5.74, 6) is 1.07. The number of thiol groups is 1. The van der Waals surface area contributed by atoms with E-state index in [1.807, 2.05) is 11.0 Å². The molecule has 2 nitrogen and oxygen atoms in total. The molecule has 0 bridgehead atoms. The van der Waals surface area contributed by atoms with Gasteiger partial charge in [-0.25, -0.2) is 0 Å². The molecule has 0 saturated heterocycles. The molecule has 1 fully saturated rings. The molecule has 3 heteroatoms. The highest BCUT2D eigenvalue weighted by atomic mass is 32.1. The summed E-state index contributed by atoms with van der Waals surface area (Å²) >= 11 is 4.19. The topological polar surface area (TPSA) is 20.3 Å². The number of nitrogens with zero attached hydrogens (tertiary/aromatic N) is 1. The minimum absolute atomic E-state index is 0.145. The molecular formula is C18H27NOS. The van der Waals surface area contributed by atoms with Crippen LogP contribution >= 0.6 is 12.6 Å². The summed E-state index contributed by atoms with van der Waals surface area (Å²) in [5, 5.41) is 0. The van der Waals surface area contributed by atoms with E-state index in [1.165, 1.54) is 25.7 Å². The maximum Gasteiger partial charge on any atom is 0.258 e. The number of carbonyl (C=O) groups excluding carboxylic acids is 1. The van der Waals surface area contributed by atoms with Gasteiger partial charge in [0, 0.05) is 17.8 Å². The summed E-state index contributed by atoms with van der Waals surface area (Å²) in [6, 6.07) is 0. The van der Waals surface area contributed by atoms with Gasteiger partial charge in [-0.3, -0.25) is 4.79 Å². The first-order chi connectivity index (χ1) is 10.3. The van der Waals surface area contributed by atoms with Crippen molar-refractivity contribution in [3.8, 4) is 0 Å². The van der Waals surface area contributed by atoms with E-state index in [9.17, 15) is 4.79 Å². The Kier molecular flexibility index (Phi) is 6.62. The van der Waals surface area contributed by atoms with Crippen LogP contribution in [0.4, 0.5) is 0 Å². The lowest BCUT2D eigenvalue weighted by molar-refractivity contribution is -0.124. The number of hydrogen-bond acceptors (Lipinski definition) is 2. The Labute approximate surface area is 134 Å². The van der Waals surface area contributed by atoms with Crippen molar-refractivity contribution in [2.45, 2.75) is 57.8 Å². The number of rotatable bonds is 5. The number of unbranched alkanes of at least 4 members (excludes halogenated alkanes) is 2. The van der Waals surface area contributed by atoms with Crippen LogP contribution in [0.5, 0.6) is 0 Å². The molecule has 0 N–H and O–H groups in total. The van der Waals surface area contributed by atoms with Gasteiger partial charge in [0.25, 0.3) is 5.91 Å². The molecule has 0 aromatic carbocycles.